The molecule has 2 rings (SSSR count). The maximum atomic E-state index is 12.3. The Morgan fingerprint density at radius 2 is 2.17 bits per heavy atom. The second kappa shape index (κ2) is 5.35. The van der Waals surface area contributed by atoms with E-state index >= 15 is 0 Å². The first kappa shape index (κ1) is 13.5. The van der Waals surface area contributed by atoms with E-state index in [4.69, 9.17) is 9.84 Å². The van der Waals surface area contributed by atoms with Crippen LogP contribution in [0.3, 0.4) is 0 Å². The molecule has 1 aromatic rings. The lowest BCUT2D eigenvalue weighted by Gasteiger charge is -2.18. The Morgan fingerprint density at radius 1 is 1.39 bits per heavy atom. The van der Waals surface area contributed by atoms with E-state index in [-0.39, 0.29) is 9.77 Å². The maximum absolute atomic E-state index is 12.3. The van der Waals surface area contributed by atoms with Crippen LogP contribution in [0.1, 0.15) is 16.1 Å². The molecule has 1 saturated heterocycles. The van der Waals surface area contributed by atoms with E-state index in [2.05, 4.69) is 0 Å². The molecule has 1 aliphatic rings. The van der Waals surface area contributed by atoms with Crippen molar-refractivity contribution in [1.29, 1.82) is 0 Å². The molecular formula is C10H13NO5S2. The molecule has 1 N–H and O–H groups in total. The molecule has 0 bridgehead atoms. The number of ether oxygens (including phenoxy) is 1. The van der Waals surface area contributed by atoms with Gasteiger partial charge in [-0.1, -0.05) is 0 Å². The summed E-state index contributed by atoms with van der Waals surface area (Å²) in [6, 6.07) is 1.20. The number of aromatic carboxylic acids is 1. The van der Waals surface area contributed by atoms with Crippen molar-refractivity contribution in [2.24, 2.45) is 0 Å². The third-order valence-electron chi connectivity index (χ3n) is 2.61. The number of sulfonamides is 1. The monoisotopic (exact) mass is 291 g/mol. The molecular weight excluding hydrogens is 278 g/mol. The van der Waals surface area contributed by atoms with Crippen molar-refractivity contribution in [3.63, 3.8) is 0 Å². The molecule has 1 fully saturated rings. The highest BCUT2D eigenvalue weighted by molar-refractivity contribution is 7.89. The number of hydrogen-bond acceptors (Lipinski definition) is 5. The van der Waals surface area contributed by atoms with Crippen LogP contribution in [0.15, 0.2) is 16.3 Å². The van der Waals surface area contributed by atoms with Crippen LogP contribution in [0.4, 0.5) is 0 Å². The van der Waals surface area contributed by atoms with E-state index in [0.29, 0.717) is 32.7 Å². The molecule has 18 heavy (non-hydrogen) atoms. The summed E-state index contributed by atoms with van der Waals surface area (Å²) in [5.41, 5.74) is 0. The van der Waals surface area contributed by atoms with Crippen molar-refractivity contribution in [2.45, 2.75) is 11.3 Å². The standard InChI is InChI=1S/C10H13NO5S2/c12-10(13)9-6-8(7-17-9)18(14,15)11-2-1-4-16-5-3-11/h6-7H,1-5H2,(H,12,13). The van der Waals surface area contributed by atoms with E-state index in [1.165, 1.54) is 15.8 Å². The number of nitrogens with zero attached hydrogens (tertiary/aromatic N) is 1. The number of hydrogen-bond donors (Lipinski definition) is 1. The van der Waals surface area contributed by atoms with Gasteiger partial charge in [-0.25, -0.2) is 13.2 Å². The van der Waals surface area contributed by atoms with Crippen LogP contribution >= 0.6 is 11.3 Å². The van der Waals surface area contributed by atoms with E-state index in [1.807, 2.05) is 0 Å². The second-order valence-electron chi connectivity index (χ2n) is 3.82. The molecule has 0 aromatic carbocycles. The molecule has 1 aromatic heterocycles. The summed E-state index contributed by atoms with van der Waals surface area (Å²) >= 11 is 0.917. The Balaban J connectivity index is 2.25. The van der Waals surface area contributed by atoms with Crippen LogP contribution in [0.5, 0.6) is 0 Å². The second-order valence-corrected chi connectivity index (χ2v) is 6.67. The van der Waals surface area contributed by atoms with Crippen molar-refractivity contribution < 1.29 is 23.1 Å². The van der Waals surface area contributed by atoms with Gasteiger partial charge in [-0.3, -0.25) is 0 Å². The van der Waals surface area contributed by atoms with Gasteiger partial charge in [-0.2, -0.15) is 4.31 Å². The molecule has 0 spiro atoms. The quantitative estimate of drug-likeness (QED) is 0.893. The molecule has 6 nitrogen and oxygen atoms in total. The highest BCUT2D eigenvalue weighted by Gasteiger charge is 2.27. The Kier molecular flexibility index (Phi) is 4.00. The lowest BCUT2D eigenvalue weighted by atomic mass is 10.5. The van der Waals surface area contributed by atoms with Crippen molar-refractivity contribution in [2.75, 3.05) is 26.3 Å². The minimum atomic E-state index is -3.60. The number of carboxylic acids is 1. The fourth-order valence-electron chi connectivity index (χ4n) is 1.68. The summed E-state index contributed by atoms with van der Waals surface area (Å²) in [4.78, 5) is 10.8. The van der Waals surface area contributed by atoms with E-state index in [0.717, 1.165) is 11.3 Å². The minimum Gasteiger partial charge on any atom is -0.477 e. The molecule has 100 valence electrons. The molecule has 0 atom stereocenters. The first-order valence-electron chi connectivity index (χ1n) is 5.41. The van der Waals surface area contributed by atoms with Crippen LogP contribution in [-0.4, -0.2) is 50.1 Å². The van der Waals surface area contributed by atoms with Gasteiger partial charge in [0.15, 0.2) is 0 Å². The summed E-state index contributed by atoms with van der Waals surface area (Å²) in [6.07, 6.45) is 0.648. The number of thiophene rings is 1. The fourth-order valence-corrected chi connectivity index (χ4v) is 4.24. The predicted molar refractivity (Wildman–Crippen MR) is 65.5 cm³/mol. The van der Waals surface area contributed by atoms with Crippen molar-refractivity contribution in [1.82, 2.24) is 4.31 Å². The van der Waals surface area contributed by atoms with Gasteiger partial charge in [0.1, 0.15) is 4.88 Å². The van der Waals surface area contributed by atoms with Crippen LogP contribution in [0.2, 0.25) is 0 Å². The summed E-state index contributed by atoms with van der Waals surface area (Å²) in [7, 11) is -3.60. The SMILES string of the molecule is O=C(O)c1cc(S(=O)(=O)N2CCCOCC2)cs1. The summed E-state index contributed by atoms with van der Waals surface area (Å²) < 4.78 is 31.1. The van der Waals surface area contributed by atoms with Gasteiger partial charge in [0, 0.05) is 25.1 Å². The highest BCUT2D eigenvalue weighted by atomic mass is 32.2. The first-order valence-corrected chi connectivity index (χ1v) is 7.73. The van der Waals surface area contributed by atoms with Crippen LogP contribution < -0.4 is 0 Å². The molecule has 0 aliphatic carbocycles. The molecule has 1 aliphatic heterocycles. The fraction of sp³-hybridized carbons (Fsp3) is 0.500. The maximum Gasteiger partial charge on any atom is 0.345 e. The van der Waals surface area contributed by atoms with Gasteiger partial charge in [-0.15, -0.1) is 11.3 Å². The van der Waals surface area contributed by atoms with Gasteiger partial charge in [0.2, 0.25) is 10.0 Å². The third-order valence-corrected chi connectivity index (χ3v) is 5.55. The summed E-state index contributed by atoms with van der Waals surface area (Å²) in [5, 5.41) is 10.2. The van der Waals surface area contributed by atoms with E-state index in [9.17, 15) is 13.2 Å². The molecule has 2 heterocycles. The Labute approximate surface area is 109 Å². The Hall–Kier alpha value is -0.960. The molecule has 0 saturated carbocycles. The highest BCUT2D eigenvalue weighted by Crippen LogP contribution is 2.23. The lowest BCUT2D eigenvalue weighted by Crippen LogP contribution is -2.33. The minimum absolute atomic E-state index is 0.0275. The summed E-state index contributed by atoms with van der Waals surface area (Å²) in [6.45, 7) is 1.63. The molecule has 0 radical (unpaired) electrons. The van der Waals surface area contributed by atoms with Gasteiger partial charge in [0.25, 0.3) is 0 Å². The average Bonchev–Trinajstić information content (AvgIpc) is 2.66. The van der Waals surface area contributed by atoms with Crippen molar-refractivity contribution in [3.05, 3.63) is 16.3 Å². The average molecular weight is 291 g/mol. The van der Waals surface area contributed by atoms with Gasteiger partial charge < -0.3 is 9.84 Å². The van der Waals surface area contributed by atoms with Gasteiger partial charge >= 0.3 is 5.97 Å². The van der Waals surface area contributed by atoms with Gasteiger partial charge in [-0.05, 0) is 12.5 Å². The third kappa shape index (κ3) is 2.72. The first-order chi connectivity index (χ1) is 8.51. The molecule has 0 unspecified atom stereocenters. The number of carboxylic acid groups (broad SMARTS) is 1. The predicted octanol–water partition coefficient (Wildman–Crippen LogP) is 0.857. The van der Waals surface area contributed by atoms with Gasteiger partial charge in [0.05, 0.1) is 11.5 Å². The number of rotatable bonds is 3. The van der Waals surface area contributed by atoms with Crippen LogP contribution in [0.25, 0.3) is 0 Å². The topological polar surface area (TPSA) is 83.9 Å². The summed E-state index contributed by atoms with van der Waals surface area (Å²) in [5.74, 6) is -1.11. The number of carbonyl (C=O) groups is 1. The Bertz CT molecular complexity index is 528. The van der Waals surface area contributed by atoms with Crippen LogP contribution in [0, 0.1) is 0 Å². The normalized spacial score (nSPS) is 18.4. The zero-order chi connectivity index (χ0) is 13.2. The largest absolute Gasteiger partial charge is 0.477 e. The van der Waals surface area contributed by atoms with Crippen molar-refractivity contribution in [3.8, 4) is 0 Å². The zero-order valence-electron chi connectivity index (χ0n) is 9.53. The molecule has 8 heteroatoms. The van der Waals surface area contributed by atoms with E-state index in [1.54, 1.807) is 0 Å². The zero-order valence-corrected chi connectivity index (χ0v) is 11.2. The van der Waals surface area contributed by atoms with E-state index < -0.39 is 16.0 Å². The smallest absolute Gasteiger partial charge is 0.345 e. The van der Waals surface area contributed by atoms with Crippen LogP contribution in [-0.2, 0) is 14.8 Å². The lowest BCUT2D eigenvalue weighted by molar-refractivity contribution is 0.0702. The van der Waals surface area contributed by atoms with Crippen molar-refractivity contribution >= 4 is 27.3 Å². The molecule has 0 amide bonds. The Morgan fingerprint density at radius 3 is 2.83 bits per heavy atom.